The van der Waals surface area contributed by atoms with Gasteiger partial charge in [0.1, 0.15) is 5.82 Å². The lowest BCUT2D eigenvalue weighted by molar-refractivity contribution is 0.251. The van der Waals surface area contributed by atoms with E-state index < -0.39 is 29.5 Å². The second-order valence-corrected chi connectivity index (χ2v) is 5.35. The highest BCUT2D eigenvalue weighted by Crippen LogP contribution is 2.15. The molecule has 4 N–H and O–H groups in total. The smallest absolute Gasteiger partial charge is 0.319 e. The molecule has 0 unspecified atom stereocenters. The summed E-state index contributed by atoms with van der Waals surface area (Å²) in [5, 5.41) is 13.7. The van der Waals surface area contributed by atoms with Crippen molar-refractivity contribution in [2.75, 3.05) is 11.9 Å². The van der Waals surface area contributed by atoms with Crippen molar-refractivity contribution < 1.29 is 18.0 Å². The minimum Gasteiger partial charge on any atom is -0.336 e. The van der Waals surface area contributed by atoms with Gasteiger partial charge in [-0.2, -0.15) is 5.26 Å². The van der Waals surface area contributed by atoms with Crippen LogP contribution in [0.4, 0.5) is 23.7 Å². The van der Waals surface area contributed by atoms with Crippen molar-refractivity contribution in [3.63, 3.8) is 0 Å². The summed E-state index contributed by atoms with van der Waals surface area (Å²) >= 11 is 0. The maximum Gasteiger partial charge on any atom is 0.319 e. The van der Waals surface area contributed by atoms with Gasteiger partial charge in [-0.1, -0.05) is 0 Å². The van der Waals surface area contributed by atoms with Crippen molar-refractivity contribution in [1.29, 1.82) is 5.26 Å². The molecule has 2 amide bonds. The van der Waals surface area contributed by atoms with Gasteiger partial charge in [-0.3, -0.25) is 0 Å². The Morgan fingerprint density at radius 2 is 1.76 bits per heavy atom. The highest BCUT2D eigenvalue weighted by molar-refractivity contribution is 5.89. The minimum atomic E-state index is -1.27. The second kappa shape index (κ2) is 8.17. The largest absolute Gasteiger partial charge is 0.336 e. The van der Waals surface area contributed by atoms with Crippen molar-refractivity contribution in [2.45, 2.75) is 12.5 Å². The molecule has 0 spiro atoms. The quantitative estimate of drug-likeness (QED) is 0.726. The fourth-order valence-corrected chi connectivity index (χ4v) is 2.10. The van der Waals surface area contributed by atoms with Gasteiger partial charge in [-0.05, 0) is 42.3 Å². The van der Waals surface area contributed by atoms with Gasteiger partial charge >= 0.3 is 6.03 Å². The highest BCUT2D eigenvalue weighted by Gasteiger charge is 2.14. The van der Waals surface area contributed by atoms with Crippen molar-refractivity contribution in [3.05, 3.63) is 65.0 Å². The third-order valence-corrected chi connectivity index (χ3v) is 3.37. The standard InChI is InChI=1S/C17H15F3N4O/c18-14-7-16(20)15(19)6-11(14)5-12(22)9-23-17(25)24-13-3-1-10(8-21)2-4-13/h1-4,6-7,12H,5,9,22H2,(H2,23,24,25)/t12-/m1/s1. The summed E-state index contributed by atoms with van der Waals surface area (Å²) in [4.78, 5) is 11.8. The number of nitrogens with one attached hydrogen (secondary N) is 2. The van der Waals surface area contributed by atoms with E-state index >= 15 is 0 Å². The molecule has 0 aliphatic heterocycles. The van der Waals surface area contributed by atoms with Crippen LogP contribution in [0.15, 0.2) is 36.4 Å². The number of urea groups is 1. The first kappa shape index (κ1) is 18.3. The molecule has 5 nitrogen and oxygen atoms in total. The van der Waals surface area contributed by atoms with Crippen LogP contribution in [0, 0.1) is 28.8 Å². The number of nitriles is 1. The van der Waals surface area contributed by atoms with Gasteiger partial charge in [-0.15, -0.1) is 0 Å². The Labute approximate surface area is 142 Å². The van der Waals surface area contributed by atoms with Gasteiger partial charge in [0.25, 0.3) is 0 Å². The first-order valence-electron chi connectivity index (χ1n) is 7.33. The number of carbonyl (C=O) groups is 1. The summed E-state index contributed by atoms with van der Waals surface area (Å²) in [5.74, 6) is -3.32. The second-order valence-electron chi connectivity index (χ2n) is 5.35. The molecule has 0 saturated heterocycles. The molecule has 0 aliphatic rings. The van der Waals surface area contributed by atoms with Crippen molar-refractivity contribution in [2.24, 2.45) is 5.73 Å². The Morgan fingerprint density at radius 3 is 2.40 bits per heavy atom. The van der Waals surface area contributed by atoms with Gasteiger partial charge in [0.05, 0.1) is 11.6 Å². The Bertz CT molecular complexity index is 803. The molecule has 2 aromatic carbocycles. The fourth-order valence-electron chi connectivity index (χ4n) is 2.10. The maximum absolute atomic E-state index is 13.6. The number of benzene rings is 2. The van der Waals surface area contributed by atoms with Crippen molar-refractivity contribution in [3.8, 4) is 6.07 Å². The molecule has 0 aromatic heterocycles. The third kappa shape index (κ3) is 5.22. The normalized spacial score (nSPS) is 11.5. The molecule has 8 heteroatoms. The molecule has 25 heavy (non-hydrogen) atoms. The van der Waals surface area contributed by atoms with Crippen LogP contribution in [-0.2, 0) is 6.42 Å². The predicted molar refractivity (Wildman–Crippen MR) is 86.2 cm³/mol. The molecule has 1 atom stereocenters. The zero-order valence-corrected chi connectivity index (χ0v) is 13.0. The highest BCUT2D eigenvalue weighted by atomic mass is 19.2. The summed E-state index contributed by atoms with van der Waals surface area (Å²) in [7, 11) is 0. The number of amides is 2. The lowest BCUT2D eigenvalue weighted by Gasteiger charge is -2.14. The van der Waals surface area contributed by atoms with E-state index in [0.717, 1.165) is 6.07 Å². The summed E-state index contributed by atoms with van der Waals surface area (Å²) in [5.41, 5.74) is 6.65. The molecule has 0 saturated carbocycles. The number of anilines is 1. The van der Waals surface area contributed by atoms with Crippen LogP contribution in [0.25, 0.3) is 0 Å². The van der Waals surface area contributed by atoms with Crippen LogP contribution in [0.2, 0.25) is 0 Å². The van der Waals surface area contributed by atoms with Gasteiger partial charge < -0.3 is 16.4 Å². The predicted octanol–water partition coefficient (Wildman–Crippen LogP) is 2.67. The van der Waals surface area contributed by atoms with Crippen molar-refractivity contribution >= 4 is 11.7 Å². The number of nitrogens with zero attached hydrogens (tertiary/aromatic N) is 1. The molecule has 2 aromatic rings. The zero-order valence-electron chi connectivity index (χ0n) is 13.0. The van der Waals surface area contributed by atoms with E-state index in [-0.39, 0.29) is 18.5 Å². The number of nitrogens with two attached hydrogens (primary N) is 1. The monoisotopic (exact) mass is 348 g/mol. The van der Waals surface area contributed by atoms with E-state index in [9.17, 15) is 18.0 Å². The molecule has 2 rings (SSSR count). The Morgan fingerprint density at radius 1 is 1.12 bits per heavy atom. The van der Waals surface area contributed by atoms with Crippen LogP contribution < -0.4 is 16.4 Å². The number of carbonyl (C=O) groups excluding carboxylic acids is 1. The molecule has 0 fully saturated rings. The van der Waals surface area contributed by atoms with Crippen molar-refractivity contribution in [1.82, 2.24) is 5.32 Å². The molecule has 0 bridgehead atoms. The number of hydrogen-bond donors (Lipinski definition) is 3. The molecule has 0 radical (unpaired) electrons. The van der Waals surface area contributed by atoms with E-state index in [1.807, 2.05) is 6.07 Å². The van der Waals surface area contributed by atoms with E-state index in [1.54, 1.807) is 24.3 Å². The first-order chi connectivity index (χ1) is 11.9. The zero-order chi connectivity index (χ0) is 18.4. The summed E-state index contributed by atoms with van der Waals surface area (Å²) in [6.45, 7) is 0.000544. The van der Waals surface area contributed by atoms with E-state index in [1.165, 1.54) is 0 Å². The van der Waals surface area contributed by atoms with Crippen LogP contribution in [0.3, 0.4) is 0 Å². The van der Waals surface area contributed by atoms with Gasteiger partial charge in [-0.25, -0.2) is 18.0 Å². The Kier molecular flexibility index (Phi) is 5.98. The fraction of sp³-hybridized carbons (Fsp3) is 0.176. The van der Waals surface area contributed by atoms with Gasteiger partial charge in [0.15, 0.2) is 11.6 Å². The van der Waals surface area contributed by atoms with Crippen LogP contribution in [-0.4, -0.2) is 18.6 Å². The SMILES string of the molecule is N#Cc1ccc(NC(=O)NC[C@H](N)Cc2cc(F)c(F)cc2F)cc1. The number of rotatable bonds is 5. The van der Waals surface area contributed by atoms with Crippen LogP contribution >= 0.6 is 0 Å². The minimum absolute atomic E-state index is 0.000544. The van der Waals surface area contributed by atoms with E-state index in [0.29, 0.717) is 17.3 Å². The maximum atomic E-state index is 13.6. The van der Waals surface area contributed by atoms with Gasteiger partial charge in [0, 0.05) is 24.3 Å². The molecule has 0 aliphatic carbocycles. The third-order valence-electron chi connectivity index (χ3n) is 3.37. The van der Waals surface area contributed by atoms with E-state index in [4.69, 9.17) is 11.0 Å². The van der Waals surface area contributed by atoms with Gasteiger partial charge in [0.2, 0.25) is 0 Å². The lowest BCUT2D eigenvalue weighted by Crippen LogP contribution is -2.40. The summed E-state index contributed by atoms with van der Waals surface area (Å²) < 4.78 is 39.6. The first-order valence-corrected chi connectivity index (χ1v) is 7.33. The average molecular weight is 348 g/mol. The summed E-state index contributed by atoms with van der Waals surface area (Å²) in [6, 6.07) is 8.17. The Hall–Kier alpha value is -3.05. The Balaban J connectivity index is 1.85. The lowest BCUT2D eigenvalue weighted by atomic mass is 10.1. The number of hydrogen-bond acceptors (Lipinski definition) is 3. The summed E-state index contributed by atoms with van der Waals surface area (Å²) in [6.07, 6.45) is -0.0693. The topological polar surface area (TPSA) is 90.9 Å². The molecular formula is C17H15F3N4O. The number of halogens is 3. The molecular weight excluding hydrogens is 333 g/mol. The van der Waals surface area contributed by atoms with Crippen LogP contribution in [0.5, 0.6) is 0 Å². The molecule has 130 valence electrons. The van der Waals surface area contributed by atoms with E-state index in [2.05, 4.69) is 10.6 Å². The average Bonchev–Trinajstić information content (AvgIpc) is 2.58. The van der Waals surface area contributed by atoms with Crippen LogP contribution in [0.1, 0.15) is 11.1 Å². The molecule has 0 heterocycles.